The molecule has 1 saturated heterocycles. The van der Waals surface area contributed by atoms with Gasteiger partial charge in [0, 0.05) is 43.3 Å². The molecule has 0 bridgehead atoms. The third kappa shape index (κ3) is 6.58. The fraction of sp³-hybridized carbons (Fsp3) is 0.357. The molecule has 0 radical (unpaired) electrons. The molecule has 2 aromatic carbocycles. The highest BCUT2D eigenvalue weighted by Crippen LogP contribution is 2.38. The lowest BCUT2D eigenvalue weighted by Crippen LogP contribution is -2.41. The van der Waals surface area contributed by atoms with Crippen LogP contribution in [0.1, 0.15) is 25.3 Å². The summed E-state index contributed by atoms with van der Waals surface area (Å²) in [7, 11) is 0.0244. The number of nitrogens with one attached hydrogen (secondary N) is 4. The van der Waals surface area contributed by atoms with Crippen molar-refractivity contribution in [3.05, 3.63) is 53.4 Å². The molecule has 1 aliphatic heterocycles. The lowest BCUT2D eigenvalue weighted by Gasteiger charge is -2.35. The molecule has 0 spiro atoms. The minimum Gasteiger partial charge on any atom is -0.494 e. The molecular formula is C28H34ClN9O3S. The van der Waals surface area contributed by atoms with Gasteiger partial charge in [0.1, 0.15) is 16.3 Å². The fourth-order valence-corrected chi connectivity index (χ4v) is 5.78. The second kappa shape index (κ2) is 12.5. The molecule has 2 aromatic heterocycles. The molecule has 1 fully saturated rings. The second-order valence-electron chi connectivity index (χ2n) is 10.0. The summed E-state index contributed by atoms with van der Waals surface area (Å²) in [4.78, 5) is 20.0. The zero-order chi connectivity index (χ0) is 29.9. The van der Waals surface area contributed by atoms with Gasteiger partial charge < -0.3 is 25.6 Å². The number of halogens is 1. The third-order valence-corrected chi connectivity index (χ3v) is 8.05. The summed E-state index contributed by atoms with van der Waals surface area (Å²) in [6, 6.07) is 8.09. The minimum absolute atomic E-state index is 0.232. The molecule has 1 aliphatic rings. The molecule has 12 nitrogen and oxygen atoms in total. The number of rotatable bonds is 10. The molecule has 4 aromatic rings. The van der Waals surface area contributed by atoms with E-state index in [0.717, 1.165) is 44.3 Å². The topological polar surface area (TPSA) is 146 Å². The van der Waals surface area contributed by atoms with E-state index in [0.29, 0.717) is 28.5 Å². The Labute approximate surface area is 250 Å². The van der Waals surface area contributed by atoms with Gasteiger partial charge in [0.2, 0.25) is 16.0 Å². The summed E-state index contributed by atoms with van der Waals surface area (Å²) >= 11 is 6.47. The lowest BCUT2D eigenvalue weighted by atomic mass is 10.0. The van der Waals surface area contributed by atoms with Crippen molar-refractivity contribution in [1.82, 2.24) is 25.3 Å². The standard InChI is InChI=1S/C28H34ClN9O3S/c1-5-17-14-22(24(41-3)15-23(17)38-12-8-18(30-2)9-13-38)35-28-33-16-19(29)27(36-28)34-21-7-6-20-25(32-11-10-31-20)26(21)37-42(4,39)40/h6-7,10-11,14-16,18,30,37H,5,8-9,12-13H2,1-4H3,(H2,33,34,35,36). The van der Waals surface area contributed by atoms with E-state index in [1.807, 2.05) is 7.05 Å². The van der Waals surface area contributed by atoms with Crippen LogP contribution in [-0.2, 0) is 16.4 Å². The Hall–Kier alpha value is -3.94. The Morgan fingerprint density at radius 1 is 1.07 bits per heavy atom. The Kier molecular flexibility index (Phi) is 8.80. The normalized spacial score (nSPS) is 14.2. The summed E-state index contributed by atoms with van der Waals surface area (Å²) in [6.07, 6.45) is 8.58. The summed E-state index contributed by atoms with van der Waals surface area (Å²) in [5, 5.41) is 10.0. The number of anilines is 6. The van der Waals surface area contributed by atoms with Crippen molar-refractivity contribution >= 4 is 67.2 Å². The molecule has 14 heteroatoms. The van der Waals surface area contributed by atoms with Crippen molar-refractivity contribution in [2.75, 3.05) is 53.8 Å². The maximum atomic E-state index is 12.2. The molecule has 3 heterocycles. The molecule has 42 heavy (non-hydrogen) atoms. The van der Waals surface area contributed by atoms with Gasteiger partial charge >= 0.3 is 0 Å². The van der Waals surface area contributed by atoms with Crippen molar-refractivity contribution in [3.8, 4) is 5.75 Å². The number of fused-ring (bicyclic) bond motifs is 1. The highest BCUT2D eigenvalue weighted by molar-refractivity contribution is 7.92. The monoisotopic (exact) mass is 611 g/mol. The molecular weight excluding hydrogens is 578 g/mol. The highest BCUT2D eigenvalue weighted by atomic mass is 35.5. The lowest BCUT2D eigenvalue weighted by molar-refractivity contribution is 0.415. The first-order valence-corrected chi connectivity index (χ1v) is 15.9. The number of piperidine rings is 1. The van der Waals surface area contributed by atoms with E-state index in [9.17, 15) is 8.42 Å². The number of nitrogens with zero attached hydrogens (tertiary/aromatic N) is 5. The maximum Gasteiger partial charge on any atom is 0.229 e. The van der Waals surface area contributed by atoms with Crippen LogP contribution in [0.2, 0.25) is 5.02 Å². The summed E-state index contributed by atoms with van der Waals surface area (Å²) in [5.74, 6) is 1.22. The Balaban J connectivity index is 1.45. The minimum atomic E-state index is -3.63. The maximum absolute atomic E-state index is 12.2. The zero-order valence-electron chi connectivity index (χ0n) is 23.9. The van der Waals surface area contributed by atoms with Crippen LogP contribution in [0.5, 0.6) is 5.75 Å². The van der Waals surface area contributed by atoms with Crippen LogP contribution < -0.4 is 30.3 Å². The smallest absolute Gasteiger partial charge is 0.229 e. The quantitative estimate of drug-likeness (QED) is 0.198. The molecule has 0 unspecified atom stereocenters. The first-order chi connectivity index (χ1) is 20.2. The number of hydrogen-bond donors (Lipinski definition) is 4. The van der Waals surface area contributed by atoms with Gasteiger partial charge in [-0.2, -0.15) is 4.98 Å². The van der Waals surface area contributed by atoms with Gasteiger partial charge in [-0.15, -0.1) is 0 Å². The van der Waals surface area contributed by atoms with Crippen molar-refractivity contribution < 1.29 is 13.2 Å². The van der Waals surface area contributed by atoms with Gasteiger partial charge in [0.15, 0.2) is 5.82 Å². The molecule has 4 N–H and O–H groups in total. The van der Waals surface area contributed by atoms with Gasteiger partial charge in [0.05, 0.1) is 42.1 Å². The summed E-state index contributed by atoms with van der Waals surface area (Å²) in [5.41, 5.74) is 4.61. The van der Waals surface area contributed by atoms with Crippen molar-refractivity contribution in [1.29, 1.82) is 0 Å². The first kappa shape index (κ1) is 29.5. The Morgan fingerprint density at radius 2 is 1.83 bits per heavy atom. The van der Waals surface area contributed by atoms with Crippen molar-refractivity contribution in [2.45, 2.75) is 32.2 Å². The molecule has 222 valence electrons. The van der Waals surface area contributed by atoms with E-state index in [2.05, 4.69) is 64.6 Å². The van der Waals surface area contributed by atoms with Crippen LogP contribution in [0, 0.1) is 0 Å². The Bertz CT molecular complexity index is 1700. The Morgan fingerprint density at radius 3 is 2.52 bits per heavy atom. The number of sulfonamides is 1. The number of methoxy groups -OCH3 is 1. The second-order valence-corrected chi connectivity index (χ2v) is 12.2. The van der Waals surface area contributed by atoms with Gasteiger partial charge in [0.25, 0.3) is 0 Å². The molecule has 0 atom stereocenters. The largest absolute Gasteiger partial charge is 0.494 e. The van der Waals surface area contributed by atoms with Gasteiger partial charge in [-0.25, -0.2) is 13.4 Å². The van der Waals surface area contributed by atoms with Gasteiger partial charge in [-0.05, 0) is 50.1 Å². The van der Waals surface area contributed by atoms with Crippen molar-refractivity contribution in [3.63, 3.8) is 0 Å². The molecule has 5 rings (SSSR count). The van der Waals surface area contributed by atoms with Crippen LogP contribution in [0.4, 0.5) is 34.5 Å². The number of hydrogen-bond acceptors (Lipinski definition) is 11. The fourth-order valence-electron chi connectivity index (χ4n) is 5.06. The number of aryl methyl sites for hydroxylation is 1. The number of benzene rings is 2. The van der Waals surface area contributed by atoms with E-state index >= 15 is 0 Å². The SMILES string of the molecule is CCc1cc(Nc2ncc(Cl)c(Nc3ccc4nccnc4c3NS(C)(=O)=O)n2)c(OC)cc1N1CCC(NC)CC1. The van der Waals surface area contributed by atoms with Crippen LogP contribution in [0.3, 0.4) is 0 Å². The summed E-state index contributed by atoms with van der Waals surface area (Å²) < 4.78 is 32.6. The van der Waals surface area contributed by atoms with Crippen LogP contribution in [-0.4, -0.2) is 67.9 Å². The van der Waals surface area contributed by atoms with E-state index in [4.69, 9.17) is 16.3 Å². The molecule has 0 saturated carbocycles. The van der Waals surface area contributed by atoms with Crippen LogP contribution >= 0.6 is 11.6 Å². The van der Waals surface area contributed by atoms with Gasteiger partial charge in [-0.3, -0.25) is 14.7 Å². The van der Waals surface area contributed by atoms with E-state index in [-0.39, 0.29) is 22.5 Å². The highest BCUT2D eigenvalue weighted by Gasteiger charge is 2.22. The van der Waals surface area contributed by atoms with E-state index in [1.54, 1.807) is 19.2 Å². The van der Waals surface area contributed by atoms with Crippen LogP contribution in [0.15, 0.2) is 42.9 Å². The van der Waals surface area contributed by atoms with Gasteiger partial charge in [-0.1, -0.05) is 18.5 Å². The first-order valence-electron chi connectivity index (χ1n) is 13.6. The van der Waals surface area contributed by atoms with E-state index < -0.39 is 10.0 Å². The summed E-state index contributed by atoms with van der Waals surface area (Å²) in [6.45, 7) is 4.08. The van der Waals surface area contributed by atoms with Crippen molar-refractivity contribution in [2.24, 2.45) is 0 Å². The molecule has 0 aliphatic carbocycles. The third-order valence-electron chi connectivity index (χ3n) is 7.20. The zero-order valence-corrected chi connectivity index (χ0v) is 25.5. The number of ether oxygens (including phenoxy) is 1. The predicted octanol–water partition coefficient (Wildman–Crippen LogP) is 4.69. The number of aromatic nitrogens is 4. The predicted molar refractivity (Wildman–Crippen MR) is 168 cm³/mol. The van der Waals surface area contributed by atoms with E-state index in [1.165, 1.54) is 29.8 Å². The average molecular weight is 612 g/mol. The molecule has 0 amide bonds. The average Bonchev–Trinajstić information content (AvgIpc) is 2.99. The van der Waals surface area contributed by atoms with Crippen LogP contribution in [0.25, 0.3) is 11.0 Å².